The highest BCUT2D eigenvalue weighted by molar-refractivity contribution is 9.10. The monoisotopic (exact) mass is 354 g/mol. The van der Waals surface area contributed by atoms with Gasteiger partial charge in [0.2, 0.25) is 0 Å². The Morgan fingerprint density at radius 2 is 2.19 bits per heavy atom. The molecule has 1 saturated heterocycles. The van der Waals surface area contributed by atoms with Crippen LogP contribution in [-0.2, 0) is 0 Å². The van der Waals surface area contributed by atoms with Crippen molar-refractivity contribution < 1.29 is 10.0 Å². The van der Waals surface area contributed by atoms with E-state index in [0.717, 1.165) is 25.7 Å². The van der Waals surface area contributed by atoms with E-state index in [2.05, 4.69) is 20.8 Å². The molecule has 5 nitrogen and oxygen atoms in total. The molecule has 1 heterocycles. The quantitative estimate of drug-likeness (QED) is 0.652. The number of halogens is 1. The molecule has 1 saturated carbocycles. The second kappa shape index (κ2) is 5.57. The zero-order chi connectivity index (χ0) is 15.0. The molecule has 2 atom stereocenters. The van der Waals surface area contributed by atoms with E-state index in [1.165, 1.54) is 0 Å². The molecule has 1 aromatic carbocycles. The first-order valence-corrected chi connectivity index (χ1v) is 8.20. The maximum Gasteiger partial charge on any atom is 0.293 e. The summed E-state index contributed by atoms with van der Waals surface area (Å²) in [6, 6.07) is 5.19. The van der Waals surface area contributed by atoms with Crippen LogP contribution in [-0.4, -0.2) is 28.7 Å². The van der Waals surface area contributed by atoms with Gasteiger partial charge in [-0.15, -0.1) is 0 Å². The second-order valence-electron chi connectivity index (χ2n) is 6.13. The van der Waals surface area contributed by atoms with E-state index in [4.69, 9.17) is 0 Å². The Kier molecular flexibility index (Phi) is 3.92. The minimum absolute atomic E-state index is 0.130. The van der Waals surface area contributed by atoms with Crippen molar-refractivity contribution in [3.63, 3.8) is 0 Å². The van der Waals surface area contributed by atoms with E-state index in [-0.39, 0.29) is 16.5 Å². The maximum absolute atomic E-state index is 11.3. The molecule has 1 aliphatic carbocycles. The van der Waals surface area contributed by atoms with Gasteiger partial charge in [-0.05, 0) is 31.4 Å². The lowest BCUT2D eigenvalue weighted by Crippen LogP contribution is -2.53. The minimum Gasteiger partial charge on any atom is -0.389 e. The molecule has 2 fully saturated rings. The molecule has 2 unspecified atom stereocenters. The van der Waals surface area contributed by atoms with Crippen LogP contribution in [0.4, 0.5) is 11.4 Å². The number of benzene rings is 1. The van der Waals surface area contributed by atoms with Crippen LogP contribution in [0.25, 0.3) is 0 Å². The van der Waals surface area contributed by atoms with E-state index in [1.54, 1.807) is 12.1 Å². The Morgan fingerprint density at radius 3 is 2.95 bits per heavy atom. The van der Waals surface area contributed by atoms with Crippen LogP contribution in [0.1, 0.15) is 32.1 Å². The molecule has 2 aliphatic rings. The predicted molar refractivity (Wildman–Crippen MR) is 84.5 cm³/mol. The van der Waals surface area contributed by atoms with Gasteiger partial charge in [-0.1, -0.05) is 28.8 Å². The summed E-state index contributed by atoms with van der Waals surface area (Å²) in [4.78, 5) is 13.0. The molecule has 3 rings (SSSR count). The number of hydrogen-bond acceptors (Lipinski definition) is 4. The number of nitrogens with zero attached hydrogens (tertiary/aromatic N) is 2. The molecule has 0 spiro atoms. The molecule has 1 aromatic rings. The normalized spacial score (nSPS) is 29.0. The standard InChI is InChI=1S/C15H19BrN2O3/c16-12-4-5-13(14(9-12)18(20)21)17-8-7-15(19)6-2-1-3-11(15)10-17/h4-5,9,11,19H,1-3,6-8,10H2. The molecule has 114 valence electrons. The lowest BCUT2D eigenvalue weighted by Gasteiger charge is -2.47. The highest BCUT2D eigenvalue weighted by Crippen LogP contribution is 2.42. The average molecular weight is 355 g/mol. The van der Waals surface area contributed by atoms with Crippen molar-refractivity contribution in [3.05, 3.63) is 32.8 Å². The summed E-state index contributed by atoms with van der Waals surface area (Å²) in [5.41, 5.74) is 0.236. The molecule has 0 bridgehead atoms. The van der Waals surface area contributed by atoms with Gasteiger partial charge in [0.25, 0.3) is 5.69 Å². The molecular formula is C15H19BrN2O3. The number of aliphatic hydroxyl groups is 1. The first kappa shape index (κ1) is 14.8. The third kappa shape index (κ3) is 2.79. The predicted octanol–water partition coefficient (Wildman–Crippen LogP) is 3.49. The molecule has 1 N–H and O–H groups in total. The van der Waals surface area contributed by atoms with Gasteiger partial charge in [0, 0.05) is 29.5 Å². The van der Waals surface area contributed by atoms with Crippen LogP contribution in [0, 0.1) is 16.0 Å². The van der Waals surface area contributed by atoms with Crippen molar-refractivity contribution in [3.8, 4) is 0 Å². The fourth-order valence-electron chi connectivity index (χ4n) is 3.70. The van der Waals surface area contributed by atoms with Crippen LogP contribution < -0.4 is 4.90 Å². The number of anilines is 1. The Labute approximate surface area is 132 Å². The summed E-state index contributed by atoms with van der Waals surface area (Å²) in [6.45, 7) is 1.38. The lowest BCUT2D eigenvalue weighted by molar-refractivity contribution is -0.384. The first-order chi connectivity index (χ1) is 9.99. The topological polar surface area (TPSA) is 66.6 Å². The van der Waals surface area contributed by atoms with Crippen molar-refractivity contribution >= 4 is 27.3 Å². The summed E-state index contributed by atoms with van der Waals surface area (Å²) in [6.07, 6.45) is 4.81. The van der Waals surface area contributed by atoms with Gasteiger partial charge in [0.1, 0.15) is 5.69 Å². The van der Waals surface area contributed by atoms with E-state index < -0.39 is 5.60 Å². The van der Waals surface area contributed by atoms with E-state index in [9.17, 15) is 15.2 Å². The number of nitro groups is 1. The van der Waals surface area contributed by atoms with Crippen molar-refractivity contribution in [1.29, 1.82) is 0 Å². The Hall–Kier alpha value is -1.14. The summed E-state index contributed by atoms with van der Waals surface area (Å²) < 4.78 is 0.712. The maximum atomic E-state index is 11.3. The van der Waals surface area contributed by atoms with Gasteiger partial charge in [0.05, 0.1) is 10.5 Å². The Balaban J connectivity index is 1.87. The lowest BCUT2D eigenvalue weighted by atomic mass is 9.71. The van der Waals surface area contributed by atoms with Gasteiger partial charge in [0.15, 0.2) is 0 Å². The van der Waals surface area contributed by atoms with Crippen LogP contribution in [0.2, 0.25) is 0 Å². The number of rotatable bonds is 2. The molecule has 21 heavy (non-hydrogen) atoms. The summed E-state index contributed by atoms with van der Waals surface area (Å²) in [5.74, 6) is 0.225. The molecule has 6 heteroatoms. The van der Waals surface area contributed by atoms with Gasteiger partial charge in [-0.3, -0.25) is 10.1 Å². The zero-order valence-electron chi connectivity index (χ0n) is 11.8. The highest BCUT2D eigenvalue weighted by Gasteiger charge is 2.43. The van der Waals surface area contributed by atoms with Crippen molar-refractivity contribution in [2.24, 2.45) is 5.92 Å². The number of piperidine rings is 1. The van der Waals surface area contributed by atoms with E-state index in [0.29, 0.717) is 29.7 Å². The van der Waals surface area contributed by atoms with Gasteiger partial charge < -0.3 is 10.0 Å². The van der Waals surface area contributed by atoms with Crippen LogP contribution in [0.3, 0.4) is 0 Å². The molecular weight excluding hydrogens is 336 g/mol. The Bertz CT molecular complexity index is 566. The third-order valence-corrected chi connectivity index (χ3v) is 5.40. The SMILES string of the molecule is O=[N+]([O-])c1cc(Br)ccc1N1CCC2(O)CCCCC2C1. The molecule has 0 aromatic heterocycles. The number of nitro benzene ring substituents is 1. The Morgan fingerprint density at radius 1 is 1.38 bits per heavy atom. The van der Waals surface area contributed by atoms with Crippen LogP contribution in [0.5, 0.6) is 0 Å². The third-order valence-electron chi connectivity index (χ3n) is 4.90. The fraction of sp³-hybridized carbons (Fsp3) is 0.600. The summed E-state index contributed by atoms with van der Waals surface area (Å²) in [5, 5.41) is 22.0. The van der Waals surface area contributed by atoms with Crippen LogP contribution in [0.15, 0.2) is 22.7 Å². The largest absolute Gasteiger partial charge is 0.389 e. The van der Waals surface area contributed by atoms with Crippen molar-refractivity contribution in [2.45, 2.75) is 37.7 Å². The fourth-order valence-corrected chi connectivity index (χ4v) is 4.05. The van der Waals surface area contributed by atoms with Gasteiger partial charge >= 0.3 is 0 Å². The molecule has 0 amide bonds. The summed E-state index contributed by atoms with van der Waals surface area (Å²) >= 11 is 3.29. The zero-order valence-corrected chi connectivity index (χ0v) is 13.4. The molecule has 1 aliphatic heterocycles. The molecule has 0 radical (unpaired) electrons. The smallest absolute Gasteiger partial charge is 0.293 e. The average Bonchev–Trinajstić information content (AvgIpc) is 2.46. The second-order valence-corrected chi connectivity index (χ2v) is 7.05. The van der Waals surface area contributed by atoms with Crippen molar-refractivity contribution in [2.75, 3.05) is 18.0 Å². The van der Waals surface area contributed by atoms with Crippen LogP contribution >= 0.6 is 15.9 Å². The van der Waals surface area contributed by atoms with E-state index >= 15 is 0 Å². The van der Waals surface area contributed by atoms with Gasteiger partial charge in [-0.2, -0.15) is 0 Å². The highest BCUT2D eigenvalue weighted by atomic mass is 79.9. The number of hydrogen-bond donors (Lipinski definition) is 1. The summed E-state index contributed by atoms with van der Waals surface area (Å²) in [7, 11) is 0. The number of fused-ring (bicyclic) bond motifs is 1. The van der Waals surface area contributed by atoms with Gasteiger partial charge in [-0.25, -0.2) is 0 Å². The minimum atomic E-state index is -0.557. The van der Waals surface area contributed by atoms with Crippen molar-refractivity contribution in [1.82, 2.24) is 0 Å². The van der Waals surface area contributed by atoms with E-state index in [1.807, 2.05) is 6.07 Å². The first-order valence-electron chi connectivity index (χ1n) is 7.41.